The predicted molar refractivity (Wildman–Crippen MR) is 115 cm³/mol. The summed E-state index contributed by atoms with van der Waals surface area (Å²) in [6, 6.07) is 7.98. The maximum absolute atomic E-state index is 14.3. The number of amides is 2. The Morgan fingerprint density at radius 2 is 2.03 bits per heavy atom. The van der Waals surface area contributed by atoms with Gasteiger partial charge in [0.15, 0.2) is 0 Å². The van der Waals surface area contributed by atoms with E-state index in [2.05, 4.69) is 17.1 Å². The number of nitrogens with two attached hydrogens (primary N) is 1. The third-order valence-corrected chi connectivity index (χ3v) is 7.15. The SMILES string of the molecule is CN1CC[C@@]2(C)c3cc(O)ccc3C[C@@H]1[C@@H]2NC(=O)CC(C(N)=O)c1ccc(F)cc1F. The van der Waals surface area contributed by atoms with Gasteiger partial charge >= 0.3 is 0 Å². The molecule has 1 saturated heterocycles. The minimum atomic E-state index is -1.21. The van der Waals surface area contributed by atoms with Gasteiger partial charge in [-0.2, -0.15) is 0 Å². The summed E-state index contributed by atoms with van der Waals surface area (Å²) in [4.78, 5) is 27.3. The first-order valence-electron chi connectivity index (χ1n) is 10.7. The summed E-state index contributed by atoms with van der Waals surface area (Å²) in [6.45, 7) is 2.91. The van der Waals surface area contributed by atoms with Gasteiger partial charge in [-0.05, 0) is 55.8 Å². The number of likely N-dealkylation sites (tertiary alicyclic amines) is 1. The number of hydrogen-bond donors (Lipinski definition) is 3. The van der Waals surface area contributed by atoms with Crippen molar-refractivity contribution < 1.29 is 23.5 Å². The van der Waals surface area contributed by atoms with Crippen LogP contribution in [0.1, 0.15) is 42.4 Å². The van der Waals surface area contributed by atoms with Gasteiger partial charge < -0.3 is 21.1 Å². The van der Waals surface area contributed by atoms with Crippen LogP contribution in [0.2, 0.25) is 0 Å². The van der Waals surface area contributed by atoms with Crippen molar-refractivity contribution in [3.63, 3.8) is 0 Å². The summed E-state index contributed by atoms with van der Waals surface area (Å²) in [7, 11) is 2.01. The normalized spacial score (nSPS) is 25.6. The molecule has 6 nitrogen and oxygen atoms in total. The van der Waals surface area contributed by atoms with Crippen LogP contribution in [0.4, 0.5) is 8.78 Å². The lowest BCUT2D eigenvalue weighted by Crippen LogP contribution is -2.67. The van der Waals surface area contributed by atoms with Crippen LogP contribution < -0.4 is 11.1 Å². The van der Waals surface area contributed by atoms with Crippen molar-refractivity contribution in [2.24, 2.45) is 5.73 Å². The molecule has 0 radical (unpaired) electrons. The van der Waals surface area contributed by atoms with Crippen LogP contribution >= 0.6 is 0 Å². The average Bonchev–Trinajstić information content (AvgIpc) is 2.72. The highest BCUT2D eigenvalue weighted by molar-refractivity contribution is 5.89. The molecule has 0 spiro atoms. The largest absolute Gasteiger partial charge is 0.508 e. The van der Waals surface area contributed by atoms with Gasteiger partial charge in [-0.1, -0.05) is 19.1 Å². The topological polar surface area (TPSA) is 95.7 Å². The van der Waals surface area contributed by atoms with E-state index in [1.165, 1.54) is 0 Å². The van der Waals surface area contributed by atoms with Gasteiger partial charge in [0.1, 0.15) is 17.4 Å². The smallest absolute Gasteiger partial charge is 0.225 e. The van der Waals surface area contributed by atoms with Gasteiger partial charge in [0.2, 0.25) is 11.8 Å². The van der Waals surface area contributed by atoms with Gasteiger partial charge in [-0.3, -0.25) is 9.59 Å². The molecule has 2 aliphatic rings. The van der Waals surface area contributed by atoms with Crippen molar-refractivity contribution in [2.75, 3.05) is 13.6 Å². The molecule has 1 heterocycles. The van der Waals surface area contributed by atoms with Crippen LogP contribution in [0.15, 0.2) is 36.4 Å². The van der Waals surface area contributed by atoms with Crippen molar-refractivity contribution >= 4 is 11.8 Å². The van der Waals surface area contributed by atoms with Crippen molar-refractivity contribution in [1.82, 2.24) is 10.2 Å². The molecule has 4 N–H and O–H groups in total. The highest BCUT2D eigenvalue weighted by atomic mass is 19.1. The monoisotopic (exact) mass is 443 g/mol. The van der Waals surface area contributed by atoms with Crippen molar-refractivity contribution in [3.8, 4) is 5.75 Å². The molecule has 2 aromatic carbocycles. The fraction of sp³-hybridized carbons (Fsp3) is 0.417. The Kier molecular flexibility index (Phi) is 5.67. The minimum Gasteiger partial charge on any atom is -0.508 e. The number of carbonyl (C=O) groups is 2. The second kappa shape index (κ2) is 8.16. The molecular weight excluding hydrogens is 416 g/mol. The summed E-state index contributed by atoms with van der Waals surface area (Å²) < 4.78 is 27.5. The van der Waals surface area contributed by atoms with E-state index < -0.39 is 34.8 Å². The van der Waals surface area contributed by atoms with Crippen molar-refractivity contribution in [2.45, 2.75) is 49.6 Å². The molecule has 170 valence electrons. The molecular formula is C24H27F2N3O3. The zero-order valence-corrected chi connectivity index (χ0v) is 18.1. The third kappa shape index (κ3) is 3.83. The number of carbonyl (C=O) groups excluding carboxylic acids is 2. The van der Waals surface area contributed by atoms with Crippen LogP contribution in [0.3, 0.4) is 0 Å². The average molecular weight is 443 g/mol. The third-order valence-electron chi connectivity index (χ3n) is 7.15. The van der Waals surface area contributed by atoms with E-state index in [4.69, 9.17) is 5.73 Å². The second-order valence-corrected chi connectivity index (χ2v) is 9.13. The lowest BCUT2D eigenvalue weighted by atomic mass is 9.61. The zero-order valence-electron chi connectivity index (χ0n) is 18.1. The van der Waals surface area contributed by atoms with E-state index in [0.29, 0.717) is 12.5 Å². The molecule has 4 rings (SSSR count). The van der Waals surface area contributed by atoms with Crippen LogP contribution in [0, 0.1) is 11.6 Å². The highest BCUT2D eigenvalue weighted by Crippen LogP contribution is 2.45. The van der Waals surface area contributed by atoms with Gasteiger partial charge in [0, 0.05) is 29.5 Å². The highest BCUT2D eigenvalue weighted by Gasteiger charge is 2.50. The van der Waals surface area contributed by atoms with Gasteiger partial charge in [0.25, 0.3) is 0 Å². The second-order valence-electron chi connectivity index (χ2n) is 9.13. The fourth-order valence-electron chi connectivity index (χ4n) is 5.31. The summed E-state index contributed by atoms with van der Waals surface area (Å²) in [6.07, 6.45) is 1.14. The Morgan fingerprint density at radius 1 is 1.28 bits per heavy atom. The van der Waals surface area contributed by atoms with E-state index in [0.717, 1.165) is 36.2 Å². The van der Waals surface area contributed by atoms with E-state index in [9.17, 15) is 23.5 Å². The molecule has 0 saturated carbocycles. The van der Waals surface area contributed by atoms with E-state index in [1.54, 1.807) is 12.1 Å². The Hall–Kier alpha value is -3.00. The molecule has 4 atom stereocenters. The standard InChI is InChI=1S/C24H27F2N3O3/c1-24-7-8-29(2)20(9-13-3-5-15(30)11-18(13)24)22(24)28-21(31)12-17(23(27)32)16-6-4-14(25)10-19(16)26/h3-6,10-11,17,20,22,30H,7-9,12H2,1-2H3,(H2,27,32)(H,28,31)/t17?,20-,22+,24+/m1/s1. The number of aromatic hydroxyl groups is 1. The number of likely N-dealkylation sites (N-methyl/N-ethyl adjacent to an activating group) is 1. The number of fused-ring (bicyclic) bond motifs is 4. The molecule has 2 amide bonds. The predicted octanol–water partition coefficient (Wildman–Crippen LogP) is 2.33. The zero-order chi connectivity index (χ0) is 23.2. The quantitative estimate of drug-likeness (QED) is 0.661. The molecule has 1 unspecified atom stereocenters. The lowest BCUT2D eigenvalue weighted by molar-refractivity contribution is -0.128. The molecule has 1 aliphatic heterocycles. The number of hydrogen-bond acceptors (Lipinski definition) is 4. The lowest BCUT2D eigenvalue weighted by Gasteiger charge is -2.54. The Labute approximate surface area is 185 Å². The molecule has 0 aromatic heterocycles. The van der Waals surface area contributed by atoms with E-state index in [1.807, 2.05) is 13.1 Å². The number of piperidine rings is 1. The molecule has 2 bridgehead atoms. The number of nitrogens with zero attached hydrogens (tertiary/aromatic N) is 1. The summed E-state index contributed by atoms with van der Waals surface area (Å²) in [5.74, 6) is -4.00. The van der Waals surface area contributed by atoms with Gasteiger partial charge in [-0.25, -0.2) is 8.78 Å². The molecule has 8 heteroatoms. The first-order valence-corrected chi connectivity index (χ1v) is 10.7. The number of primary amides is 1. The van der Waals surface area contributed by atoms with E-state index >= 15 is 0 Å². The summed E-state index contributed by atoms with van der Waals surface area (Å²) in [5.41, 5.74) is 7.08. The number of phenolic OH excluding ortho intramolecular Hbond substituents is 1. The number of phenols is 1. The molecule has 1 aliphatic carbocycles. The summed E-state index contributed by atoms with van der Waals surface area (Å²) >= 11 is 0. The van der Waals surface area contributed by atoms with Crippen LogP contribution in [0.5, 0.6) is 5.75 Å². The fourth-order valence-corrected chi connectivity index (χ4v) is 5.31. The first-order chi connectivity index (χ1) is 15.1. The Balaban J connectivity index is 1.61. The van der Waals surface area contributed by atoms with E-state index in [-0.39, 0.29) is 29.8 Å². The number of halogens is 2. The molecule has 1 fully saturated rings. The summed E-state index contributed by atoms with van der Waals surface area (Å²) in [5, 5.41) is 13.1. The first kappa shape index (κ1) is 22.2. The minimum absolute atomic E-state index is 0.0318. The number of rotatable bonds is 5. The van der Waals surface area contributed by atoms with Gasteiger partial charge in [-0.15, -0.1) is 0 Å². The van der Waals surface area contributed by atoms with Crippen molar-refractivity contribution in [3.05, 3.63) is 64.7 Å². The maximum atomic E-state index is 14.3. The number of benzene rings is 2. The number of nitrogens with one attached hydrogen (secondary N) is 1. The molecule has 32 heavy (non-hydrogen) atoms. The Bertz CT molecular complexity index is 1080. The maximum Gasteiger partial charge on any atom is 0.225 e. The van der Waals surface area contributed by atoms with Crippen molar-refractivity contribution in [1.29, 1.82) is 0 Å². The van der Waals surface area contributed by atoms with Crippen LogP contribution in [-0.4, -0.2) is 47.5 Å². The van der Waals surface area contributed by atoms with Gasteiger partial charge in [0.05, 0.1) is 12.0 Å². The van der Waals surface area contributed by atoms with Crippen LogP contribution in [-0.2, 0) is 21.4 Å². The molecule has 2 aromatic rings. The van der Waals surface area contributed by atoms with Crippen LogP contribution in [0.25, 0.3) is 0 Å². The Morgan fingerprint density at radius 3 is 2.72 bits per heavy atom.